The van der Waals surface area contributed by atoms with E-state index >= 15 is 0 Å². The third-order valence-corrected chi connectivity index (χ3v) is 3.80. The molecule has 5 nitrogen and oxygen atoms in total. The van der Waals surface area contributed by atoms with E-state index in [9.17, 15) is 4.79 Å². The Morgan fingerprint density at radius 1 is 1.29 bits per heavy atom. The van der Waals surface area contributed by atoms with Gasteiger partial charge in [-0.3, -0.25) is 9.89 Å². The number of piperidine rings is 1. The Morgan fingerprint density at radius 3 is 2.62 bits per heavy atom. The number of carbonyl (C=O) groups excluding carboxylic acids is 1. The Balaban J connectivity index is 1.53. The molecule has 1 fully saturated rings. The second-order valence-corrected chi connectivity index (χ2v) is 5.41. The van der Waals surface area contributed by atoms with Gasteiger partial charge in [-0.05, 0) is 19.1 Å². The largest absolute Gasteiger partial charge is 0.490 e. The minimum atomic E-state index is 0.0394. The lowest BCUT2D eigenvalue weighted by atomic mass is 10.1. The quantitative estimate of drug-likeness (QED) is 0.942. The first-order valence-corrected chi connectivity index (χ1v) is 7.24. The molecule has 3 rings (SSSR count). The van der Waals surface area contributed by atoms with Crippen LogP contribution in [0.3, 0.4) is 0 Å². The highest BCUT2D eigenvalue weighted by Crippen LogP contribution is 2.20. The van der Waals surface area contributed by atoms with Crippen LogP contribution in [0.5, 0.6) is 5.75 Å². The van der Waals surface area contributed by atoms with Crippen molar-refractivity contribution in [3.05, 3.63) is 47.8 Å². The van der Waals surface area contributed by atoms with E-state index in [0.29, 0.717) is 5.56 Å². The molecule has 1 aliphatic heterocycles. The van der Waals surface area contributed by atoms with Crippen LogP contribution in [-0.4, -0.2) is 40.2 Å². The van der Waals surface area contributed by atoms with Gasteiger partial charge >= 0.3 is 0 Å². The van der Waals surface area contributed by atoms with E-state index in [1.54, 1.807) is 12.4 Å². The van der Waals surface area contributed by atoms with Crippen LogP contribution in [0, 0.1) is 6.92 Å². The predicted molar refractivity (Wildman–Crippen MR) is 79.3 cm³/mol. The van der Waals surface area contributed by atoms with Crippen LogP contribution in [0.1, 0.15) is 28.8 Å². The SMILES string of the molecule is Cc1ccc(OC2CCN(C(=O)c3cn[nH]c3)CC2)cc1. The Bertz CT molecular complexity index is 584. The molecule has 1 saturated heterocycles. The van der Waals surface area contributed by atoms with Gasteiger partial charge in [-0.2, -0.15) is 5.10 Å². The number of nitrogens with zero attached hydrogens (tertiary/aromatic N) is 2. The molecule has 2 heterocycles. The standard InChI is InChI=1S/C16H19N3O2/c1-12-2-4-14(5-3-12)21-15-6-8-19(9-7-15)16(20)13-10-17-18-11-13/h2-5,10-11,15H,6-9H2,1H3,(H,17,18). The van der Waals surface area contributed by atoms with Gasteiger partial charge in [0.05, 0.1) is 11.8 Å². The highest BCUT2D eigenvalue weighted by atomic mass is 16.5. The molecule has 21 heavy (non-hydrogen) atoms. The lowest BCUT2D eigenvalue weighted by molar-refractivity contribution is 0.0595. The Morgan fingerprint density at radius 2 is 2.00 bits per heavy atom. The first-order valence-electron chi connectivity index (χ1n) is 7.24. The summed E-state index contributed by atoms with van der Waals surface area (Å²) in [5.41, 5.74) is 1.84. The molecule has 0 aliphatic carbocycles. The second-order valence-electron chi connectivity index (χ2n) is 5.41. The first-order chi connectivity index (χ1) is 10.2. The summed E-state index contributed by atoms with van der Waals surface area (Å²) in [6.45, 7) is 3.50. The number of aromatic amines is 1. The van der Waals surface area contributed by atoms with Gasteiger partial charge in [-0.25, -0.2) is 0 Å². The zero-order valence-corrected chi connectivity index (χ0v) is 12.1. The predicted octanol–water partition coefficient (Wildman–Crippen LogP) is 2.40. The highest BCUT2D eigenvalue weighted by Gasteiger charge is 2.25. The number of carbonyl (C=O) groups is 1. The fraction of sp³-hybridized carbons (Fsp3) is 0.375. The monoisotopic (exact) mass is 285 g/mol. The van der Waals surface area contributed by atoms with E-state index < -0.39 is 0 Å². The molecule has 2 aromatic rings. The van der Waals surface area contributed by atoms with Gasteiger partial charge in [-0.15, -0.1) is 0 Å². The smallest absolute Gasteiger partial charge is 0.257 e. The van der Waals surface area contributed by atoms with Gasteiger partial charge in [0.15, 0.2) is 0 Å². The average Bonchev–Trinajstić information content (AvgIpc) is 3.04. The molecule has 1 amide bonds. The topological polar surface area (TPSA) is 58.2 Å². The number of likely N-dealkylation sites (tertiary alicyclic amines) is 1. The van der Waals surface area contributed by atoms with Crippen LogP contribution >= 0.6 is 0 Å². The number of aryl methyl sites for hydroxylation is 1. The van der Waals surface area contributed by atoms with Gasteiger partial charge in [0.2, 0.25) is 0 Å². The van der Waals surface area contributed by atoms with Crippen molar-refractivity contribution in [2.45, 2.75) is 25.9 Å². The van der Waals surface area contributed by atoms with Crippen LogP contribution in [0.25, 0.3) is 0 Å². The molecule has 1 aliphatic rings. The number of rotatable bonds is 3. The van der Waals surface area contributed by atoms with Crippen LogP contribution < -0.4 is 4.74 Å². The maximum absolute atomic E-state index is 12.2. The molecule has 5 heteroatoms. The van der Waals surface area contributed by atoms with E-state index in [2.05, 4.69) is 17.1 Å². The summed E-state index contributed by atoms with van der Waals surface area (Å²) in [5, 5.41) is 6.49. The molecule has 0 spiro atoms. The van der Waals surface area contributed by atoms with Gasteiger partial charge in [0.25, 0.3) is 5.91 Å². The number of nitrogens with one attached hydrogen (secondary N) is 1. The van der Waals surface area contributed by atoms with E-state index in [1.165, 1.54) is 5.56 Å². The zero-order chi connectivity index (χ0) is 14.7. The molecule has 0 radical (unpaired) electrons. The van der Waals surface area contributed by atoms with Crippen LogP contribution in [0.2, 0.25) is 0 Å². The normalized spacial score (nSPS) is 16.0. The van der Waals surface area contributed by atoms with Crippen molar-refractivity contribution in [1.29, 1.82) is 0 Å². The average molecular weight is 285 g/mol. The summed E-state index contributed by atoms with van der Waals surface area (Å²) in [4.78, 5) is 14.0. The number of aromatic nitrogens is 2. The number of H-pyrrole nitrogens is 1. The summed E-state index contributed by atoms with van der Waals surface area (Å²) in [5.74, 6) is 0.942. The molecule has 1 N–H and O–H groups in total. The summed E-state index contributed by atoms with van der Waals surface area (Å²) in [6, 6.07) is 8.09. The molecule has 0 unspecified atom stereocenters. The molecule has 0 atom stereocenters. The molecule has 110 valence electrons. The molecule has 0 saturated carbocycles. The Kier molecular flexibility index (Phi) is 3.90. The van der Waals surface area contributed by atoms with Gasteiger partial charge < -0.3 is 9.64 Å². The zero-order valence-electron chi connectivity index (χ0n) is 12.1. The van der Waals surface area contributed by atoms with Gasteiger partial charge in [-0.1, -0.05) is 17.7 Å². The number of hydrogen-bond donors (Lipinski definition) is 1. The van der Waals surface area contributed by atoms with Gasteiger partial charge in [0, 0.05) is 32.1 Å². The maximum Gasteiger partial charge on any atom is 0.257 e. The van der Waals surface area contributed by atoms with E-state index in [0.717, 1.165) is 31.7 Å². The van der Waals surface area contributed by atoms with Crippen LogP contribution in [-0.2, 0) is 0 Å². The van der Waals surface area contributed by atoms with E-state index in [-0.39, 0.29) is 12.0 Å². The van der Waals surface area contributed by atoms with Gasteiger partial charge in [0.1, 0.15) is 11.9 Å². The molecular formula is C16H19N3O2. The number of benzene rings is 1. The summed E-state index contributed by atoms with van der Waals surface area (Å²) < 4.78 is 5.97. The Labute approximate surface area is 123 Å². The fourth-order valence-electron chi connectivity index (χ4n) is 2.54. The summed E-state index contributed by atoms with van der Waals surface area (Å²) in [7, 11) is 0. The van der Waals surface area contributed by atoms with Crippen LogP contribution in [0.4, 0.5) is 0 Å². The van der Waals surface area contributed by atoms with Crippen molar-refractivity contribution in [3.63, 3.8) is 0 Å². The number of hydrogen-bond acceptors (Lipinski definition) is 3. The van der Waals surface area contributed by atoms with Crippen LogP contribution in [0.15, 0.2) is 36.7 Å². The van der Waals surface area contributed by atoms with Crippen molar-refractivity contribution >= 4 is 5.91 Å². The molecular weight excluding hydrogens is 266 g/mol. The maximum atomic E-state index is 12.2. The Hall–Kier alpha value is -2.30. The lowest BCUT2D eigenvalue weighted by Gasteiger charge is -2.32. The lowest BCUT2D eigenvalue weighted by Crippen LogP contribution is -2.41. The number of ether oxygens (including phenoxy) is 1. The van der Waals surface area contributed by atoms with Crippen molar-refractivity contribution in [3.8, 4) is 5.75 Å². The molecule has 0 bridgehead atoms. The fourth-order valence-corrected chi connectivity index (χ4v) is 2.54. The summed E-state index contributed by atoms with van der Waals surface area (Å²) >= 11 is 0. The first kappa shape index (κ1) is 13.7. The minimum Gasteiger partial charge on any atom is -0.490 e. The van der Waals surface area contributed by atoms with Crippen molar-refractivity contribution in [2.24, 2.45) is 0 Å². The number of amides is 1. The molecule has 1 aromatic heterocycles. The van der Waals surface area contributed by atoms with E-state index in [1.807, 2.05) is 29.2 Å². The molecule has 1 aromatic carbocycles. The third kappa shape index (κ3) is 3.24. The second kappa shape index (κ2) is 5.99. The third-order valence-electron chi connectivity index (χ3n) is 3.80. The van der Waals surface area contributed by atoms with Crippen molar-refractivity contribution in [1.82, 2.24) is 15.1 Å². The van der Waals surface area contributed by atoms with E-state index in [4.69, 9.17) is 4.74 Å². The highest BCUT2D eigenvalue weighted by molar-refractivity contribution is 5.93. The summed E-state index contributed by atoms with van der Waals surface area (Å²) in [6.07, 6.45) is 5.10. The van der Waals surface area contributed by atoms with Crippen molar-refractivity contribution < 1.29 is 9.53 Å². The minimum absolute atomic E-state index is 0.0394. The van der Waals surface area contributed by atoms with Crippen molar-refractivity contribution in [2.75, 3.05) is 13.1 Å².